The van der Waals surface area contributed by atoms with E-state index in [1.165, 1.54) is 0 Å². The van der Waals surface area contributed by atoms with Gasteiger partial charge >= 0.3 is 5.97 Å². The zero-order chi connectivity index (χ0) is 13.2. The van der Waals surface area contributed by atoms with Crippen LogP contribution in [0.1, 0.15) is 12.2 Å². The lowest BCUT2D eigenvalue weighted by molar-refractivity contribution is -0.137. The van der Waals surface area contributed by atoms with Crippen LogP contribution >= 0.6 is 0 Å². The van der Waals surface area contributed by atoms with E-state index in [4.69, 9.17) is 9.52 Å². The molecule has 0 fully saturated rings. The molecular weight excluding hydrogens is 242 g/mol. The molecule has 0 aliphatic carbocycles. The predicted molar refractivity (Wildman–Crippen MR) is 72.0 cm³/mol. The number of nitrogens with one attached hydrogen (secondary N) is 1. The molecule has 0 spiro atoms. The zero-order valence-corrected chi connectivity index (χ0v) is 10.2. The monoisotopic (exact) mass is 255 g/mol. The topological polar surface area (TPSA) is 66.2 Å². The summed E-state index contributed by atoms with van der Waals surface area (Å²) in [6, 6.07) is 11.9. The predicted octanol–water partition coefficient (Wildman–Crippen LogP) is 3.45. The summed E-state index contributed by atoms with van der Waals surface area (Å²) in [4.78, 5) is 14.0. The van der Waals surface area contributed by atoms with Crippen LogP contribution in [-0.4, -0.2) is 16.1 Å². The van der Waals surface area contributed by atoms with Gasteiger partial charge in [-0.2, -0.15) is 0 Å². The third-order valence-electron chi connectivity index (χ3n) is 3.13. The molecule has 2 aromatic heterocycles. The summed E-state index contributed by atoms with van der Waals surface area (Å²) >= 11 is 0. The number of aryl methyl sites for hydroxylation is 1. The minimum atomic E-state index is -0.820. The van der Waals surface area contributed by atoms with Crippen molar-refractivity contribution >= 4 is 16.9 Å². The Morgan fingerprint density at radius 3 is 2.89 bits per heavy atom. The first-order chi connectivity index (χ1) is 9.24. The van der Waals surface area contributed by atoms with Crippen LogP contribution in [0.4, 0.5) is 0 Å². The molecule has 0 radical (unpaired) electrons. The number of aromatic amines is 1. The molecule has 0 atom stereocenters. The quantitative estimate of drug-likeness (QED) is 0.750. The number of rotatable bonds is 4. The first-order valence-corrected chi connectivity index (χ1v) is 6.10. The van der Waals surface area contributed by atoms with Gasteiger partial charge in [0.05, 0.1) is 12.7 Å². The van der Waals surface area contributed by atoms with Crippen LogP contribution in [0, 0.1) is 0 Å². The molecular formula is C15H13NO3. The van der Waals surface area contributed by atoms with E-state index in [9.17, 15) is 4.79 Å². The third kappa shape index (κ3) is 2.25. The van der Waals surface area contributed by atoms with Crippen LogP contribution in [0.3, 0.4) is 0 Å². The highest BCUT2D eigenvalue weighted by molar-refractivity contribution is 5.86. The number of carboxylic acid groups (broad SMARTS) is 1. The van der Waals surface area contributed by atoms with Crippen molar-refractivity contribution in [2.45, 2.75) is 12.8 Å². The Morgan fingerprint density at radius 1 is 1.26 bits per heavy atom. The molecule has 2 N–H and O–H groups in total. The van der Waals surface area contributed by atoms with E-state index in [0.29, 0.717) is 12.2 Å². The first kappa shape index (κ1) is 11.6. The Hall–Kier alpha value is -2.49. The van der Waals surface area contributed by atoms with Gasteiger partial charge in [0.2, 0.25) is 0 Å². The molecule has 1 aromatic carbocycles. The lowest BCUT2D eigenvalue weighted by atomic mass is 10.1. The second-order valence-electron chi connectivity index (χ2n) is 4.42. The Kier molecular flexibility index (Phi) is 2.83. The largest absolute Gasteiger partial charge is 0.481 e. The van der Waals surface area contributed by atoms with Crippen LogP contribution in [0.2, 0.25) is 0 Å². The number of aliphatic carboxylic acids is 1. The van der Waals surface area contributed by atoms with E-state index in [1.54, 1.807) is 6.26 Å². The fourth-order valence-electron chi connectivity index (χ4n) is 2.21. The van der Waals surface area contributed by atoms with Gasteiger partial charge in [0.15, 0.2) is 0 Å². The minimum absolute atomic E-state index is 0.0702. The van der Waals surface area contributed by atoms with Gasteiger partial charge in [0.1, 0.15) is 5.76 Å². The van der Waals surface area contributed by atoms with Crippen LogP contribution in [-0.2, 0) is 11.2 Å². The number of aromatic nitrogens is 1. The molecule has 2 heterocycles. The summed E-state index contributed by atoms with van der Waals surface area (Å²) in [6.07, 6.45) is 2.06. The zero-order valence-electron chi connectivity index (χ0n) is 10.2. The molecule has 0 aliphatic heterocycles. The van der Waals surface area contributed by atoms with Gasteiger partial charge in [-0.1, -0.05) is 18.2 Å². The molecule has 0 amide bonds. The molecule has 0 saturated heterocycles. The van der Waals surface area contributed by atoms with Gasteiger partial charge < -0.3 is 14.5 Å². The number of carboxylic acids is 1. The fraction of sp³-hybridized carbons (Fsp3) is 0.133. The number of furan rings is 1. The van der Waals surface area contributed by atoms with E-state index in [0.717, 1.165) is 22.2 Å². The Bertz CT molecular complexity index is 691. The maximum atomic E-state index is 10.6. The number of para-hydroxylation sites is 1. The van der Waals surface area contributed by atoms with Crippen molar-refractivity contribution < 1.29 is 14.3 Å². The first-order valence-electron chi connectivity index (χ1n) is 6.10. The number of hydrogen-bond acceptors (Lipinski definition) is 2. The number of carbonyl (C=O) groups is 1. The van der Waals surface area contributed by atoms with Crippen molar-refractivity contribution in [3.05, 3.63) is 48.4 Å². The van der Waals surface area contributed by atoms with E-state index in [1.807, 2.05) is 36.4 Å². The SMILES string of the molecule is O=C(O)CCc1occc1-c1cc2ccccc2[nH]1. The molecule has 4 heteroatoms. The van der Waals surface area contributed by atoms with Gasteiger partial charge in [-0.3, -0.25) is 4.79 Å². The van der Waals surface area contributed by atoms with Crippen molar-refractivity contribution in [3.63, 3.8) is 0 Å². The van der Waals surface area contributed by atoms with E-state index in [2.05, 4.69) is 4.98 Å². The molecule has 19 heavy (non-hydrogen) atoms. The average molecular weight is 255 g/mol. The van der Waals surface area contributed by atoms with Gasteiger partial charge in [-0.15, -0.1) is 0 Å². The molecule has 96 valence electrons. The van der Waals surface area contributed by atoms with Gasteiger partial charge in [-0.05, 0) is 18.2 Å². The summed E-state index contributed by atoms with van der Waals surface area (Å²) in [5, 5.41) is 9.87. The van der Waals surface area contributed by atoms with Crippen LogP contribution in [0.15, 0.2) is 47.1 Å². The lowest BCUT2D eigenvalue weighted by Gasteiger charge is -1.98. The van der Waals surface area contributed by atoms with Gasteiger partial charge in [-0.25, -0.2) is 0 Å². The normalized spacial score (nSPS) is 10.9. The maximum absolute atomic E-state index is 10.6. The maximum Gasteiger partial charge on any atom is 0.303 e. The Morgan fingerprint density at radius 2 is 2.11 bits per heavy atom. The van der Waals surface area contributed by atoms with E-state index < -0.39 is 5.97 Å². The van der Waals surface area contributed by atoms with E-state index >= 15 is 0 Å². The molecule has 3 rings (SSSR count). The summed E-state index contributed by atoms with van der Waals surface area (Å²) in [5.41, 5.74) is 2.94. The highest BCUT2D eigenvalue weighted by Crippen LogP contribution is 2.28. The van der Waals surface area contributed by atoms with E-state index in [-0.39, 0.29) is 6.42 Å². The van der Waals surface area contributed by atoms with Crippen molar-refractivity contribution in [1.82, 2.24) is 4.98 Å². The van der Waals surface area contributed by atoms with Crippen molar-refractivity contribution in [3.8, 4) is 11.3 Å². The highest BCUT2D eigenvalue weighted by atomic mass is 16.4. The second kappa shape index (κ2) is 4.65. The summed E-state index contributed by atoms with van der Waals surface area (Å²) < 4.78 is 5.38. The summed E-state index contributed by atoms with van der Waals surface area (Å²) in [7, 11) is 0. The molecule has 0 saturated carbocycles. The van der Waals surface area contributed by atoms with Crippen LogP contribution < -0.4 is 0 Å². The number of benzene rings is 1. The Labute approximate surface area is 109 Å². The molecule has 4 nitrogen and oxygen atoms in total. The van der Waals surface area contributed by atoms with Crippen LogP contribution in [0.5, 0.6) is 0 Å². The Balaban J connectivity index is 1.97. The fourth-order valence-corrected chi connectivity index (χ4v) is 2.21. The molecule has 0 unspecified atom stereocenters. The summed E-state index contributed by atoms with van der Waals surface area (Å²) in [6.45, 7) is 0. The van der Waals surface area contributed by atoms with Crippen molar-refractivity contribution in [2.75, 3.05) is 0 Å². The van der Waals surface area contributed by atoms with Gasteiger partial charge in [0.25, 0.3) is 0 Å². The number of H-pyrrole nitrogens is 1. The number of fused-ring (bicyclic) bond motifs is 1. The van der Waals surface area contributed by atoms with Crippen molar-refractivity contribution in [2.24, 2.45) is 0 Å². The average Bonchev–Trinajstić information content (AvgIpc) is 3.02. The molecule has 3 aromatic rings. The lowest BCUT2D eigenvalue weighted by Crippen LogP contribution is -1.97. The summed E-state index contributed by atoms with van der Waals surface area (Å²) in [5.74, 6) is -0.118. The third-order valence-corrected chi connectivity index (χ3v) is 3.13. The second-order valence-corrected chi connectivity index (χ2v) is 4.42. The van der Waals surface area contributed by atoms with Crippen LogP contribution in [0.25, 0.3) is 22.2 Å². The van der Waals surface area contributed by atoms with Gasteiger partial charge in [0, 0.05) is 28.6 Å². The molecule has 0 aliphatic rings. The van der Waals surface area contributed by atoms with Crippen molar-refractivity contribution in [1.29, 1.82) is 0 Å². The molecule has 0 bridgehead atoms. The number of hydrogen-bond donors (Lipinski definition) is 2. The standard InChI is InChI=1S/C15H13NO3/c17-15(18)6-5-14-11(7-8-19-14)13-9-10-3-1-2-4-12(10)16-13/h1-4,7-9,16H,5-6H2,(H,17,18). The smallest absolute Gasteiger partial charge is 0.303 e. The minimum Gasteiger partial charge on any atom is -0.481 e. The highest BCUT2D eigenvalue weighted by Gasteiger charge is 2.12.